The largest absolute Gasteiger partial charge is 0.294 e. The van der Waals surface area contributed by atoms with Gasteiger partial charge in [0.25, 0.3) is 5.78 Å². The van der Waals surface area contributed by atoms with Crippen LogP contribution >= 0.6 is 11.6 Å². The van der Waals surface area contributed by atoms with Gasteiger partial charge in [-0.3, -0.25) is 4.79 Å². The van der Waals surface area contributed by atoms with Gasteiger partial charge in [0.2, 0.25) is 0 Å². The quantitative estimate of drug-likeness (QED) is 0.500. The SMILES string of the molecule is Cc1ccc([C@@H]2CC(=O)c3cn4nc(-c5ccc(Cl)cc5)nc4nc3C2)cc1. The maximum Gasteiger partial charge on any atom is 0.252 e. The molecule has 0 unspecified atom stereocenters. The molecule has 0 spiro atoms. The Morgan fingerprint density at radius 2 is 1.75 bits per heavy atom. The van der Waals surface area contributed by atoms with Crippen LogP contribution in [0.2, 0.25) is 5.02 Å². The number of carbonyl (C=O) groups excluding carboxylic acids is 1. The molecule has 0 fully saturated rings. The average molecular weight is 389 g/mol. The molecule has 5 rings (SSSR count). The lowest BCUT2D eigenvalue weighted by atomic mass is 9.82. The maximum absolute atomic E-state index is 12.8. The van der Waals surface area contributed by atoms with Crippen LogP contribution in [0.5, 0.6) is 0 Å². The zero-order valence-electron chi connectivity index (χ0n) is 15.3. The predicted molar refractivity (Wildman–Crippen MR) is 108 cm³/mol. The second-order valence-corrected chi connectivity index (χ2v) is 7.66. The minimum absolute atomic E-state index is 0.102. The number of ketones is 1. The topological polar surface area (TPSA) is 60.2 Å². The summed E-state index contributed by atoms with van der Waals surface area (Å²) in [6, 6.07) is 15.7. The van der Waals surface area contributed by atoms with Gasteiger partial charge in [-0.05, 0) is 49.1 Å². The summed E-state index contributed by atoms with van der Waals surface area (Å²) in [6.45, 7) is 2.06. The van der Waals surface area contributed by atoms with Gasteiger partial charge in [0.1, 0.15) is 0 Å². The van der Waals surface area contributed by atoms with Gasteiger partial charge in [-0.1, -0.05) is 41.4 Å². The Bertz CT molecular complexity index is 1200. The van der Waals surface area contributed by atoms with Crippen molar-refractivity contribution in [2.45, 2.75) is 25.7 Å². The molecule has 2 aromatic heterocycles. The van der Waals surface area contributed by atoms with Gasteiger partial charge in [0.15, 0.2) is 11.6 Å². The highest BCUT2D eigenvalue weighted by atomic mass is 35.5. The number of hydrogen-bond donors (Lipinski definition) is 0. The molecule has 1 atom stereocenters. The zero-order chi connectivity index (χ0) is 19.3. The van der Waals surface area contributed by atoms with Crippen LogP contribution in [0, 0.1) is 6.92 Å². The highest BCUT2D eigenvalue weighted by molar-refractivity contribution is 6.30. The molecule has 0 aliphatic heterocycles. The van der Waals surface area contributed by atoms with E-state index in [4.69, 9.17) is 11.6 Å². The van der Waals surface area contributed by atoms with Crippen molar-refractivity contribution in [2.75, 3.05) is 0 Å². The molecule has 4 aromatic rings. The minimum atomic E-state index is 0.102. The second-order valence-electron chi connectivity index (χ2n) is 7.23. The summed E-state index contributed by atoms with van der Waals surface area (Å²) in [5.41, 5.74) is 4.68. The van der Waals surface area contributed by atoms with E-state index in [1.807, 2.05) is 12.1 Å². The molecule has 1 aliphatic rings. The van der Waals surface area contributed by atoms with Crippen molar-refractivity contribution in [1.82, 2.24) is 19.6 Å². The number of fused-ring (bicyclic) bond motifs is 2. The summed E-state index contributed by atoms with van der Waals surface area (Å²) in [7, 11) is 0. The number of halogens is 1. The number of carbonyl (C=O) groups is 1. The van der Waals surface area contributed by atoms with E-state index in [2.05, 4.69) is 46.3 Å². The van der Waals surface area contributed by atoms with Crippen LogP contribution in [-0.2, 0) is 6.42 Å². The van der Waals surface area contributed by atoms with Crippen LogP contribution < -0.4 is 0 Å². The number of benzene rings is 2. The van der Waals surface area contributed by atoms with E-state index in [0.29, 0.717) is 28.6 Å². The fraction of sp³-hybridized carbons (Fsp3) is 0.182. The van der Waals surface area contributed by atoms with Crippen molar-refractivity contribution in [2.24, 2.45) is 0 Å². The van der Waals surface area contributed by atoms with Gasteiger partial charge in [-0.25, -0.2) is 9.50 Å². The molecule has 2 heterocycles. The van der Waals surface area contributed by atoms with Crippen LogP contribution in [0.15, 0.2) is 54.7 Å². The summed E-state index contributed by atoms with van der Waals surface area (Å²) < 4.78 is 1.59. The summed E-state index contributed by atoms with van der Waals surface area (Å²) in [6.07, 6.45) is 2.98. The molecule has 0 bridgehead atoms. The number of Topliss-reactive ketones (excluding diaryl/α,β-unsaturated/α-hetero) is 1. The van der Waals surface area contributed by atoms with Crippen LogP contribution in [0.1, 0.15) is 39.5 Å². The van der Waals surface area contributed by atoms with E-state index in [9.17, 15) is 4.79 Å². The fourth-order valence-corrected chi connectivity index (χ4v) is 3.81. The Hall–Kier alpha value is -3.05. The molecular formula is C22H17ClN4O. The Morgan fingerprint density at radius 3 is 2.50 bits per heavy atom. The van der Waals surface area contributed by atoms with E-state index in [1.54, 1.807) is 22.8 Å². The maximum atomic E-state index is 12.8. The third-order valence-electron chi connectivity index (χ3n) is 5.23. The number of hydrogen-bond acceptors (Lipinski definition) is 4. The van der Waals surface area contributed by atoms with E-state index in [-0.39, 0.29) is 11.7 Å². The highest BCUT2D eigenvalue weighted by Gasteiger charge is 2.28. The summed E-state index contributed by atoms with van der Waals surface area (Å²) >= 11 is 5.96. The molecule has 0 amide bonds. The van der Waals surface area contributed by atoms with Gasteiger partial charge in [0.05, 0.1) is 11.3 Å². The molecule has 1 aliphatic carbocycles. The van der Waals surface area contributed by atoms with Crippen molar-refractivity contribution in [1.29, 1.82) is 0 Å². The standard InChI is InChI=1S/C22H17ClN4O/c1-13-2-4-14(5-3-13)16-10-19-18(20(28)11-16)12-27-22(24-19)25-21(26-27)15-6-8-17(23)9-7-15/h2-9,12,16H,10-11H2,1H3/t16-/m0/s1. The molecule has 6 heteroatoms. The highest BCUT2D eigenvalue weighted by Crippen LogP contribution is 2.32. The molecule has 5 nitrogen and oxygen atoms in total. The predicted octanol–water partition coefficient (Wildman–Crippen LogP) is 4.67. The van der Waals surface area contributed by atoms with E-state index in [0.717, 1.165) is 17.7 Å². The first-order valence-electron chi connectivity index (χ1n) is 9.19. The molecule has 28 heavy (non-hydrogen) atoms. The first kappa shape index (κ1) is 17.1. The first-order chi connectivity index (χ1) is 13.6. The second kappa shape index (κ2) is 6.53. The van der Waals surface area contributed by atoms with Gasteiger partial charge < -0.3 is 0 Å². The lowest BCUT2D eigenvalue weighted by molar-refractivity contribution is 0.0962. The minimum Gasteiger partial charge on any atom is -0.294 e. The lowest BCUT2D eigenvalue weighted by Crippen LogP contribution is -2.21. The zero-order valence-corrected chi connectivity index (χ0v) is 16.0. The van der Waals surface area contributed by atoms with Gasteiger partial charge in [-0.2, -0.15) is 4.98 Å². The van der Waals surface area contributed by atoms with Crippen molar-refractivity contribution in [3.05, 3.63) is 82.1 Å². The molecule has 0 saturated heterocycles. The van der Waals surface area contributed by atoms with Gasteiger partial charge in [-0.15, -0.1) is 5.10 Å². The van der Waals surface area contributed by atoms with Crippen molar-refractivity contribution >= 4 is 23.2 Å². The summed E-state index contributed by atoms with van der Waals surface area (Å²) in [4.78, 5) is 22.0. The van der Waals surface area contributed by atoms with Crippen LogP contribution in [0.3, 0.4) is 0 Å². The smallest absolute Gasteiger partial charge is 0.252 e. The van der Waals surface area contributed by atoms with E-state index >= 15 is 0 Å². The molecule has 0 N–H and O–H groups in total. The summed E-state index contributed by atoms with van der Waals surface area (Å²) in [5, 5.41) is 5.15. The monoisotopic (exact) mass is 388 g/mol. The number of nitrogens with zero attached hydrogens (tertiary/aromatic N) is 4. The van der Waals surface area contributed by atoms with Crippen molar-refractivity contribution < 1.29 is 4.79 Å². The van der Waals surface area contributed by atoms with Crippen LogP contribution in [0.25, 0.3) is 17.2 Å². The Balaban J connectivity index is 1.53. The van der Waals surface area contributed by atoms with Crippen molar-refractivity contribution in [3.8, 4) is 11.4 Å². The normalized spacial score (nSPS) is 16.4. The van der Waals surface area contributed by atoms with Crippen molar-refractivity contribution in [3.63, 3.8) is 0 Å². The van der Waals surface area contributed by atoms with Gasteiger partial charge >= 0.3 is 0 Å². The number of rotatable bonds is 2. The molecular weight excluding hydrogens is 372 g/mol. The van der Waals surface area contributed by atoms with Crippen LogP contribution in [0.4, 0.5) is 0 Å². The van der Waals surface area contributed by atoms with E-state index < -0.39 is 0 Å². The Kier molecular flexibility index (Phi) is 3.98. The van der Waals surface area contributed by atoms with E-state index in [1.165, 1.54) is 11.1 Å². The Labute approximate surface area is 167 Å². The molecule has 138 valence electrons. The fourth-order valence-electron chi connectivity index (χ4n) is 3.68. The molecule has 0 saturated carbocycles. The average Bonchev–Trinajstić information content (AvgIpc) is 3.10. The molecule has 0 radical (unpaired) electrons. The summed E-state index contributed by atoms with van der Waals surface area (Å²) in [5.74, 6) is 1.31. The first-order valence-corrected chi connectivity index (χ1v) is 9.56. The number of aromatic nitrogens is 4. The van der Waals surface area contributed by atoms with Gasteiger partial charge in [0, 0.05) is 23.2 Å². The third kappa shape index (κ3) is 2.98. The lowest BCUT2D eigenvalue weighted by Gasteiger charge is -2.23. The Morgan fingerprint density at radius 1 is 1.00 bits per heavy atom. The third-order valence-corrected chi connectivity index (χ3v) is 5.49. The number of aryl methyl sites for hydroxylation is 1. The molecule has 2 aromatic carbocycles. The van der Waals surface area contributed by atoms with Crippen LogP contribution in [-0.4, -0.2) is 25.4 Å².